The van der Waals surface area contributed by atoms with E-state index in [4.69, 9.17) is 9.78 Å². The van der Waals surface area contributed by atoms with Crippen molar-refractivity contribution >= 4 is 27.7 Å². The first-order chi connectivity index (χ1) is 22.1. The van der Waals surface area contributed by atoms with Crippen LogP contribution in [0.5, 0.6) is 0 Å². The van der Waals surface area contributed by atoms with Crippen molar-refractivity contribution in [3.8, 4) is 17.4 Å². The number of sulfonamides is 1. The number of carbonyl (C=O) groups excluding carboxylic acids is 1. The van der Waals surface area contributed by atoms with Crippen molar-refractivity contribution in [2.75, 3.05) is 5.32 Å². The highest BCUT2D eigenvalue weighted by atomic mass is 32.2. The highest BCUT2D eigenvalue weighted by Gasteiger charge is 2.52. The molecule has 1 aliphatic heterocycles. The van der Waals surface area contributed by atoms with Gasteiger partial charge in [-0.15, -0.1) is 0 Å². The summed E-state index contributed by atoms with van der Waals surface area (Å²) in [6, 6.07) is 14.8. The van der Waals surface area contributed by atoms with E-state index < -0.39 is 33.5 Å². The molecular formula is C33H31FN6O5S. The third-order valence-corrected chi connectivity index (χ3v) is 11.0. The fourth-order valence-corrected chi connectivity index (χ4v) is 9.26. The van der Waals surface area contributed by atoms with Gasteiger partial charge in [-0.2, -0.15) is 9.65 Å². The van der Waals surface area contributed by atoms with E-state index in [2.05, 4.69) is 20.2 Å². The van der Waals surface area contributed by atoms with E-state index in [9.17, 15) is 22.7 Å². The summed E-state index contributed by atoms with van der Waals surface area (Å²) in [5.41, 5.74) is 0.660. The number of benzene rings is 1. The van der Waals surface area contributed by atoms with Gasteiger partial charge in [0.05, 0.1) is 5.69 Å². The summed E-state index contributed by atoms with van der Waals surface area (Å²) >= 11 is 0. The fourth-order valence-electron chi connectivity index (χ4n) is 7.44. The van der Waals surface area contributed by atoms with Crippen LogP contribution in [0.15, 0.2) is 64.0 Å². The van der Waals surface area contributed by atoms with Gasteiger partial charge in [0.25, 0.3) is 5.91 Å². The Balaban J connectivity index is 1.15. The second-order valence-corrected chi connectivity index (χ2v) is 13.9. The maximum absolute atomic E-state index is 14.2. The number of hydrogen-bond acceptors (Lipinski definition) is 8. The molecule has 2 unspecified atom stereocenters. The second-order valence-electron chi connectivity index (χ2n) is 12.3. The van der Waals surface area contributed by atoms with Gasteiger partial charge >= 0.3 is 0 Å². The zero-order chi connectivity index (χ0) is 32.2. The van der Waals surface area contributed by atoms with Gasteiger partial charge in [-0.25, -0.2) is 18.1 Å². The highest BCUT2D eigenvalue weighted by molar-refractivity contribution is 7.89. The maximum Gasteiger partial charge on any atom is 0.272 e. The Labute approximate surface area is 264 Å². The number of amides is 1. The highest BCUT2D eigenvalue weighted by Crippen LogP contribution is 2.51. The van der Waals surface area contributed by atoms with Gasteiger partial charge in [0, 0.05) is 41.5 Å². The number of fused-ring (bicyclic) bond motifs is 3. The summed E-state index contributed by atoms with van der Waals surface area (Å²) in [6.07, 6.45) is 6.30. The Kier molecular flexibility index (Phi) is 7.38. The number of hydrogen-bond donors (Lipinski definition) is 3. The molecule has 2 atom stereocenters. The van der Waals surface area contributed by atoms with E-state index in [-0.39, 0.29) is 39.4 Å². The Bertz CT molecular complexity index is 2020. The van der Waals surface area contributed by atoms with E-state index in [0.29, 0.717) is 43.0 Å². The molecule has 3 aliphatic rings. The SMILES string of the molecule is Cc1c(S(=O)(=O)NC2C3CCC2CC(O)(c2cc(-c4ccccc4)on2)C3)c2n(c1C(=O)Nc1cc(F)nc(C#N)c1)CCC=C2. The van der Waals surface area contributed by atoms with Gasteiger partial charge in [-0.3, -0.25) is 4.79 Å². The lowest BCUT2D eigenvalue weighted by molar-refractivity contribution is -0.0398. The Morgan fingerprint density at radius 3 is 2.63 bits per heavy atom. The molecule has 4 heterocycles. The van der Waals surface area contributed by atoms with Crippen LogP contribution in [0.25, 0.3) is 17.4 Å². The van der Waals surface area contributed by atoms with Crippen molar-refractivity contribution in [2.45, 2.75) is 62.1 Å². The van der Waals surface area contributed by atoms with E-state index in [1.807, 2.05) is 36.4 Å². The lowest BCUT2D eigenvalue weighted by atomic mass is 9.73. The van der Waals surface area contributed by atoms with Crippen LogP contribution in [-0.2, 0) is 22.2 Å². The summed E-state index contributed by atoms with van der Waals surface area (Å²) in [5.74, 6) is -1.27. The average Bonchev–Trinajstić information content (AvgIpc) is 3.70. The molecule has 2 fully saturated rings. The molecule has 2 bridgehead atoms. The Hall–Kier alpha value is -4.64. The first-order valence-electron chi connectivity index (χ1n) is 15.1. The van der Waals surface area contributed by atoms with Gasteiger partial charge in [0.1, 0.15) is 33.6 Å². The number of carbonyl (C=O) groups is 1. The summed E-state index contributed by atoms with van der Waals surface area (Å²) < 4.78 is 52.4. The molecule has 1 amide bonds. The molecule has 3 aromatic heterocycles. The van der Waals surface area contributed by atoms with E-state index in [1.54, 1.807) is 29.7 Å². The lowest BCUT2D eigenvalue weighted by Crippen LogP contribution is -2.49. The number of anilines is 1. The molecule has 7 rings (SSSR count). The molecule has 0 spiro atoms. The predicted molar refractivity (Wildman–Crippen MR) is 165 cm³/mol. The molecule has 4 aromatic rings. The van der Waals surface area contributed by atoms with Crippen molar-refractivity contribution < 1.29 is 27.2 Å². The number of nitrogens with one attached hydrogen (secondary N) is 2. The van der Waals surface area contributed by atoms with Crippen LogP contribution < -0.4 is 10.0 Å². The van der Waals surface area contributed by atoms with Crippen molar-refractivity contribution in [1.29, 1.82) is 5.26 Å². The number of allylic oxidation sites excluding steroid dienone is 1. The molecule has 1 aromatic carbocycles. The van der Waals surface area contributed by atoms with Crippen LogP contribution in [0.4, 0.5) is 10.1 Å². The topological polar surface area (TPSA) is 163 Å². The third kappa shape index (κ3) is 5.22. The number of rotatable bonds is 7. The molecular weight excluding hydrogens is 611 g/mol. The molecule has 3 N–H and O–H groups in total. The molecule has 2 aliphatic carbocycles. The van der Waals surface area contributed by atoms with E-state index >= 15 is 0 Å². The standard InChI is InChI=1S/C33H31FN6O5S/c1-19-30(32(41)37-23-13-24(18-35)36-28(34)14-23)40-12-6-5-9-25(40)31(19)46(43,44)39-29-21-10-11-22(29)17-33(42,16-21)27-15-26(45-38-27)20-7-3-2-4-8-20/h2-5,7-9,13-15,21-22,29,39,42H,6,10-12,16-17H2,1H3,(H,36,37,41). The van der Waals surface area contributed by atoms with E-state index in [0.717, 1.165) is 24.5 Å². The molecule has 2 saturated carbocycles. The molecule has 46 heavy (non-hydrogen) atoms. The Morgan fingerprint density at radius 1 is 1.17 bits per heavy atom. The minimum Gasteiger partial charge on any atom is -0.383 e. The quantitative estimate of drug-likeness (QED) is 0.240. The monoisotopic (exact) mass is 642 g/mol. The van der Waals surface area contributed by atoms with Gasteiger partial charge in [0.15, 0.2) is 5.76 Å². The van der Waals surface area contributed by atoms with Crippen LogP contribution in [-0.4, -0.2) is 40.2 Å². The number of nitriles is 1. The molecule has 236 valence electrons. The minimum absolute atomic E-state index is 0.0106. The third-order valence-electron chi connectivity index (χ3n) is 9.39. The smallest absolute Gasteiger partial charge is 0.272 e. The fraction of sp³-hybridized carbons (Fsp3) is 0.333. The molecule has 11 nitrogen and oxygen atoms in total. The molecule has 0 saturated heterocycles. The summed E-state index contributed by atoms with van der Waals surface area (Å²) in [7, 11) is -4.13. The van der Waals surface area contributed by atoms with Crippen LogP contribution in [0.1, 0.15) is 65.2 Å². The van der Waals surface area contributed by atoms with Gasteiger partial charge in [-0.1, -0.05) is 41.6 Å². The van der Waals surface area contributed by atoms with Crippen LogP contribution in [0, 0.1) is 36.0 Å². The average molecular weight is 643 g/mol. The van der Waals surface area contributed by atoms with Crippen molar-refractivity contribution in [3.63, 3.8) is 0 Å². The zero-order valence-corrected chi connectivity index (χ0v) is 25.7. The van der Waals surface area contributed by atoms with Crippen molar-refractivity contribution in [2.24, 2.45) is 11.8 Å². The summed E-state index contributed by atoms with van der Waals surface area (Å²) in [6.45, 7) is 1.96. The molecule has 0 radical (unpaired) electrons. The van der Waals surface area contributed by atoms with Crippen LogP contribution in [0.2, 0.25) is 0 Å². The van der Waals surface area contributed by atoms with Crippen LogP contribution in [0.3, 0.4) is 0 Å². The van der Waals surface area contributed by atoms with Gasteiger partial charge < -0.3 is 19.5 Å². The Morgan fingerprint density at radius 2 is 1.91 bits per heavy atom. The summed E-state index contributed by atoms with van der Waals surface area (Å²) in [5, 5.41) is 27.7. The lowest BCUT2D eigenvalue weighted by Gasteiger charge is -2.40. The second kappa shape index (κ2) is 11.3. The number of nitrogens with zero attached hydrogens (tertiary/aromatic N) is 4. The van der Waals surface area contributed by atoms with Crippen LogP contribution >= 0.6 is 0 Å². The predicted octanol–water partition coefficient (Wildman–Crippen LogP) is 4.88. The zero-order valence-electron chi connectivity index (χ0n) is 24.9. The van der Waals surface area contributed by atoms with Crippen molar-refractivity contribution in [3.05, 3.63) is 88.9 Å². The van der Waals surface area contributed by atoms with Gasteiger partial charge in [-0.05, 0) is 63.0 Å². The maximum atomic E-state index is 14.2. The number of halogens is 1. The largest absolute Gasteiger partial charge is 0.383 e. The van der Waals surface area contributed by atoms with Crippen molar-refractivity contribution in [1.82, 2.24) is 19.4 Å². The number of pyridine rings is 1. The first-order valence-corrected chi connectivity index (χ1v) is 16.6. The first kappa shape index (κ1) is 30.0. The minimum atomic E-state index is -4.13. The van der Waals surface area contributed by atoms with Gasteiger partial charge in [0.2, 0.25) is 16.0 Å². The summed E-state index contributed by atoms with van der Waals surface area (Å²) in [4.78, 5) is 17.0. The normalized spacial score (nSPS) is 23.6. The van der Waals surface area contributed by atoms with E-state index in [1.165, 1.54) is 6.07 Å². The number of aromatic nitrogens is 3. The number of aliphatic hydroxyl groups is 1. The molecule has 13 heteroatoms.